The number of hydrogen-bond donors (Lipinski definition) is 1. The number of hydrogen-bond acceptors (Lipinski definition) is 4. The number of nitrogens with zero attached hydrogens (tertiary/aromatic N) is 4. The van der Waals surface area contributed by atoms with Crippen molar-refractivity contribution in [3.8, 4) is 5.69 Å². The van der Waals surface area contributed by atoms with Crippen molar-refractivity contribution in [1.82, 2.24) is 19.6 Å². The van der Waals surface area contributed by atoms with Crippen LogP contribution in [0.4, 0.5) is 4.39 Å². The first kappa shape index (κ1) is 21.0. The molecule has 4 rings (SSSR count). The summed E-state index contributed by atoms with van der Waals surface area (Å²) in [6.07, 6.45) is 1.63. The number of piperazine rings is 1. The summed E-state index contributed by atoms with van der Waals surface area (Å²) in [4.78, 5) is 28.6. The summed E-state index contributed by atoms with van der Waals surface area (Å²) in [6.45, 7) is 1.85. The van der Waals surface area contributed by atoms with Gasteiger partial charge in [-0.25, -0.2) is 9.07 Å². The van der Waals surface area contributed by atoms with Gasteiger partial charge in [0, 0.05) is 37.4 Å². The summed E-state index contributed by atoms with van der Waals surface area (Å²) in [6, 6.07) is 14.0. The molecule has 2 heterocycles. The summed E-state index contributed by atoms with van der Waals surface area (Å²) < 4.78 is 14.9. The van der Waals surface area contributed by atoms with Gasteiger partial charge in [0.05, 0.1) is 5.69 Å². The molecule has 1 fully saturated rings. The lowest BCUT2D eigenvalue weighted by atomic mass is 10.0. The smallest absolute Gasteiger partial charge is 0.274 e. The Morgan fingerprint density at radius 2 is 1.74 bits per heavy atom. The summed E-state index contributed by atoms with van der Waals surface area (Å²) in [5, 5.41) is 4.88. The minimum absolute atomic E-state index is 0.211. The maximum Gasteiger partial charge on any atom is 0.274 e. The van der Waals surface area contributed by atoms with Gasteiger partial charge in [0.25, 0.3) is 5.91 Å². The molecule has 0 saturated carbocycles. The van der Waals surface area contributed by atoms with Crippen molar-refractivity contribution in [2.24, 2.45) is 5.73 Å². The van der Waals surface area contributed by atoms with E-state index in [4.69, 9.17) is 17.3 Å². The fraction of sp³-hybridized carbons (Fsp3) is 0.227. The standard InChI is InChI=1S/C22H21ClFN5O2/c23-16-6-4-15(5-7-16)20(21(25)30)27-10-12-28(13-11-27)22(31)19-8-9-29(26-19)18-3-1-2-17(24)14-18/h1-9,14,20H,10-13H2,(H2,25,30)/t20-/m0/s1. The fourth-order valence-electron chi connectivity index (χ4n) is 3.75. The van der Waals surface area contributed by atoms with E-state index in [0.717, 1.165) is 5.56 Å². The molecule has 0 bridgehead atoms. The molecular formula is C22H21ClFN5O2. The second kappa shape index (κ2) is 8.87. The van der Waals surface area contributed by atoms with Crippen LogP contribution < -0.4 is 5.73 Å². The molecule has 9 heteroatoms. The van der Waals surface area contributed by atoms with E-state index >= 15 is 0 Å². The second-order valence-electron chi connectivity index (χ2n) is 7.31. The van der Waals surface area contributed by atoms with E-state index < -0.39 is 11.9 Å². The molecule has 3 aromatic rings. The Bertz CT molecular complexity index is 1090. The number of benzene rings is 2. The molecule has 31 heavy (non-hydrogen) atoms. The molecular weight excluding hydrogens is 421 g/mol. The molecule has 0 spiro atoms. The molecule has 0 aliphatic carbocycles. The number of aromatic nitrogens is 2. The summed E-state index contributed by atoms with van der Waals surface area (Å²) in [5.41, 5.74) is 7.24. The van der Waals surface area contributed by atoms with Crippen molar-refractivity contribution in [3.63, 3.8) is 0 Å². The van der Waals surface area contributed by atoms with E-state index in [2.05, 4.69) is 5.10 Å². The van der Waals surface area contributed by atoms with Crippen LogP contribution in [0.1, 0.15) is 22.1 Å². The highest BCUT2D eigenvalue weighted by Gasteiger charge is 2.31. The summed E-state index contributed by atoms with van der Waals surface area (Å²) in [5.74, 6) is -1.03. The molecule has 0 radical (unpaired) electrons. The number of carbonyl (C=O) groups excluding carboxylic acids is 2. The van der Waals surface area contributed by atoms with Gasteiger partial charge in [0.2, 0.25) is 5.91 Å². The molecule has 160 valence electrons. The van der Waals surface area contributed by atoms with Crippen molar-refractivity contribution in [2.75, 3.05) is 26.2 Å². The molecule has 1 aliphatic rings. The van der Waals surface area contributed by atoms with Crippen LogP contribution in [0.15, 0.2) is 60.8 Å². The van der Waals surface area contributed by atoms with Gasteiger partial charge >= 0.3 is 0 Å². The van der Waals surface area contributed by atoms with Gasteiger partial charge in [-0.2, -0.15) is 5.10 Å². The Balaban J connectivity index is 1.43. The summed E-state index contributed by atoms with van der Waals surface area (Å²) >= 11 is 5.94. The average molecular weight is 442 g/mol. The van der Waals surface area contributed by atoms with E-state index in [0.29, 0.717) is 36.9 Å². The van der Waals surface area contributed by atoms with Crippen molar-refractivity contribution >= 4 is 23.4 Å². The normalized spacial score (nSPS) is 15.6. The summed E-state index contributed by atoms with van der Waals surface area (Å²) in [7, 11) is 0. The van der Waals surface area contributed by atoms with E-state index in [1.807, 2.05) is 4.90 Å². The van der Waals surface area contributed by atoms with Crippen LogP contribution in [0.2, 0.25) is 5.02 Å². The van der Waals surface area contributed by atoms with Crippen LogP contribution in [0, 0.1) is 5.82 Å². The largest absolute Gasteiger partial charge is 0.368 e. The van der Waals surface area contributed by atoms with Crippen LogP contribution in [0.25, 0.3) is 5.69 Å². The number of carbonyl (C=O) groups is 2. The number of amides is 2. The highest BCUT2D eigenvalue weighted by molar-refractivity contribution is 6.30. The van der Waals surface area contributed by atoms with E-state index in [1.54, 1.807) is 53.6 Å². The lowest BCUT2D eigenvalue weighted by Gasteiger charge is -2.38. The van der Waals surface area contributed by atoms with Crippen molar-refractivity contribution < 1.29 is 14.0 Å². The van der Waals surface area contributed by atoms with Crippen molar-refractivity contribution in [1.29, 1.82) is 0 Å². The first-order valence-corrected chi connectivity index (χ1v) is 10.2. The molecule has 1 saturated heterocycles. The molecule has 7 nitrogen and oxygen atoms in total. The zero-order chi connectivity index (χ0) is 22.0. The van der Waals surface area contributed by atoms with Gasteiger partial charge in [-0.3, -0.25) is 14.5 Å². The zero-order valence-electron chi connectivity index (χ0n) is 16.6. The average Bonchev–Trinajstić information content (AvgIpc) is 3.25. The third-order valence-electron chi connectivity index (χ3n) is 5.30. The van der Waals surface area contributed by atoms with E-state index in [-0.39, 0.29) is 17.4 Å². The fourth-order valence-corrected chi connectivity index (χ4v) is 3.87. The Labute approximate surface area is 183 Å². The van der Waals surface area contributed by atoms with Crippen LogP contribution in [-0.4, -0.2) is 57.6 Å². The Morgan fingerprint density at radius 1 is 1.03 bits per heavy atom. The third-order valence-corrected chi connectivity index (χ3v) is 5.55. The molecule has 0 unspecified atom stereocenters. The molecule has 2 N–H and O–H groups in total. The van der Waals surface area contributed by atoms with Crippen molar-refractivity contribution in [3.05, 3.63) is 82.9 Å². The van der Waals surface area contributed by atoms with Gasteiger partial charge < -0.3 is 10.6 Å². The Morgan fingerprint density at radius 3 is 2.39 bits per heavy atom. The molecule has 2 amide bonds. The lowest BCUT2D eigenvalue weighted by Crippen LogP contribution is -2.52. The third kappa shape index (κ3) is 4.60. The van der Waals surface area contributed by atoms with Gasteiger partial charge in [-0.05, 0) is 42.0 Å². The maximum atomic E-state index is 13.4. The zero-order valence-corrected chi connectivity index (χ0v) is 17.4. The van der Waals surface area contributed by atoms with E-state index in [1.165, 1.54) is 16.8 Å². The van der Waals surface area contributed by atoms with Crippen molar-refractivity contribution in [2.45, 2.75) is 6.04 Å². The molecule has 1 aromatic heterocycles. The number of halogens is 2. The molecule has 1 atom stereocenters. The minimum atomic E-state index is -0.582. The predicted molar refractivity (Wildman–Crippen MR) is 114 cm³/mol. The van der Waals surface area contributed by atoms with Gasteiger partial charge in [-0.1, -0.05) is 29.8 Å². The quantitative estimate of drug-likeness (QED) is 0.659. The van der Waals surface area contributed by atoms with Crippen LogP contribution in [0.5, 0.6) is 0 Å². The van der Waals surface area contributed by atoms with Crippen LogP contribution in [-0.2, 0) is 4.79 Å². The monoisotopic (exact) mass is 441 g/mol. The highest BCUT2D eigenvalue weighted by Crippen LogP contribution is 2.24. The van der Waals surface area contributed by atoms with Crippen LogP contribution >= 0.6 is 11.6 Å². The topological polar surface area (TPSA) is 84.5 Å². The maximum absolute atomic E-state index is 13.4. The highest BCUT2D eigenvalue weighted by atomic mass is 35.5. The number of nitrogens with two attached hydrogens (primary N) is 1. The van der Waals surface area contributed by atoms with Gasteiger partial charge in [-0.15, -0.1) is 0 Å². The second-order valence-corrected chi connectivity index (χ2v) is 7.75. The minimum Gasteiger partial charge on any atom is -0.368 e. The van der Waals surface area contributed by atoms with Crippen LogP contribution in [0.3, 0.4) is 0 Å². The molecule has 2 aromatic carbocycles. The predicted octanol–water partition coefficient (Wildman–Crippen LogP) is 2.65. The Hall–Kier alpha value is -3.23. The SMILES string of the molecule is NC(=O)[C@H](c1ccc(Cl)cc1)N1CCN(C(=O)c2ccn(-c3cccc(F)c3)n2)CC1. The first-order valence-electron chi connectivity index (χ1n) is 9.82. The van der Waals surface area contributed by atoms with E-state index in [9.17, 15) is 14.0 Å². The number of primary amides is 1. The Kier molecular flexibility index (Phi) is 6.01. The lowest BCUT2D eigenvalue weighted by molar-refractivity contribution is -0.124. The first-order chi connectivity index (χ1) is 14.9. The number of rotatable bonds is 5. The van der Waals surface area contributed by atoms with Gasteiger partial charge in [0.1, 0.15) is 11.9 Å². The molecule has 1 aliphatic heterocycles. The van der Waals surface area contributed by atoms with Gasteiger partial charge in [0.15, 0.2) is 5.69 Å².